The van der Waals surface area contributed by atoms with E-state index in [1.54, 1.807) is 18.5 Å². The molecule has 1 unspecified atom stereocenters. The molecule has 0 saturated heterocycles. The Labute approximate surface area is 129 Å². The molecule has 2 rings (SSSR count). The van der Waals surface area contributed by atoms with Crippen LogP contribution in [0.3, 0.4) is 0 Å². The summed E-state index contributed by atoms with van der Waals surface area (Å²) in [6.07, 6.45) is 4.45. The number of hydrogen-bond donors (Lipinski definition) is 1. The predicted molar refractivity (Wildman–Crippen MR) is 86.5 cm³/mol. The number of nitrogens with one attached hydrogen (secondary N) is 1. The average molecular weight is 301 g/mol. The van der Waals surface area contributed by atoms with Gasteiger partial charge in [0.25, 0.3) is 0 Å². The number of carbonyl (C=O) groups is 1. The van der Waals surface area contributed by atoms with Crippen LogP contribution in [0.25, 0.3) is 0 Å². The maximum absolute atomic E-state index is 11.9. The van der Waals surface area contributed by atoms with Crippen LogP contribution in [0.4, 0.5) is 5.69 Å². The van der Waals surface area contributed by atoms with Crippen LogP contribution in [0.2, 0.25) is 0 Å². The minimum absolute atomic E-state index is 0.0521. The van der Waals surface area contributed by atoms with E-state index in [9.17, 15) is 4.79 Å². The summed E-state index contributed by atoms with van der Waals surface area (Å²) in [4.78, 5) is 20.0. The first kappa shape index (κ1) is 15.5. The van der Waals surface area contributed by atoms with Gasteiger partial charge in [0.2, 0.25) is 5.91 Å². The highest BCUT2D eigenvalue weighted by Crippen LogP contribution is 2.20. The number of aromatic nitrogens is 2. The van der Waals surface area contributed by atoms with Crippen LogP contribution in [0, 0.1) is 0 Å². The molecule has 0 radical (unpaired) electrons. The molecule has 1 aromatic heterocycles. The van der Waals surface area contributed by atoms with E-state index in [0.717, 1.165) is 12.1 Å². The molecule has 1 aromatic carbocycles. The van der Waals surface area contributed by atoms with Crippen LogP contribution >= 0.6 is 11.8 Å². The average Bonchev–Trinajstić information content (AvgIpc) is 2.54. The van der Waals surface area contributed by atoms with Gasteiger partial charge in [-0.2, -0.15) is 0 Å². The summed E-state index contributed by atoms with van der Waals surface area (Å²) in [6.45, 7) is 4.37. The molecule has 1 N–H and O–H groups in total. The Morgan fingerprint density at radius 2 is 1.90 bits per heavy atom. The summed E-state index contributed by atoms with van der Waals surface area (Å²) in [5.41, 5.74) is 2.11. The molecule has 0 aliphatic carbocycles. The molecular formula is C16H19N3OS. The fourth-order valence-corrected chi connectivity index (χ4v) is 2.42. The quantitative estimate of drug-likeness (QED) is 0.652. The van der Waals surface area contributed by atoms with E-state index in [1.807, 2.05) is 12.1 Å². The van der Waals surface area contributed by atoms with Gasteiger partial charge >= 0.3 is 0 Å². The Hall–Kier alpha value is -1.88. The first-order valence-electron chi connectivity index (χ1n) is 6.98. The van der Waals surface area contributed by atoms with Crippen LogP contribution in [0.15, 0.2) is 47.9 Å². The summed E-state index contributed by atoms with van der Waals surface area (Å²) in [6, 6.07) is 9.78. The Morgan fingerprint density at radius 1 is 1.24 bits per heavy atom. The van der Waals surface area contributed by atoms with Gasteiger partial charge < -0.3 is 5.32 Å². The normalized spacial score (nSPS) is 11.9. The van der Waals surface area contributed by atoms with Gasteiger partial charge in [-0.1, -0.05) is 37.7 Å². The van der Waals surface area contributed by atoms with E-state index < -0.39 is 0 Å². The van der Waals surface area contributed by atoms with Gasteiger partial charge in [0.05, 0.1) is 5.75 Å². The Balaban J connectivity index is 1.85. The van der Waals surface area contributed by atoms with E-state index in [4.69, 9.17) is 0 Å². The van der Waals surface area contributed by atoms with Crippen molar-refractivity contribution in [2.45, 2.75) is 31.3 Å². The highest BCUT2D eigenvalue weighted by atomic mass is 32.2. The molecule has 21 heavy (non-hydrogen) atoms. The Kier molecular flexibility index (Phi) is 5.75. The second-order valence-corrected chi connectivity index (χ2v) is 5.74. The molecule has 1 heterocycles. The molecular weight excluding hydrogens is 282 g/mol. The molecule has 5 heteroatoms. The molecule has 0 bridgehead atoms. The predicted octanol–water partition coefficient (Wildman–Crippen LogP) is 3.72. The maximum atomic E-state index is 11.9. The number of hydrogen-bond acceptors (Lipinski definition) is 4. The molecule has 110 valence electrons. The van der Waals surface area contributed by atoms with Crippen molar-refractivity contribution in [3.63, 3.8) is 0 Å². The van der Waals surface area contributed by atoms with Crippen LogP contribution in [-0.2, 0) is 4.79 Å². The van der Waals surface area contributed by atoms with Gasteiger partial charge in [0, 0.05) is 18.1 Å². The summed E-state index contributed by atoms with van der Waals surface area (Å²) in [7, 11) is 0. The van der Waals surface area contributed by atoms with Crippen LogP contribution in [0.5, 0.6) is 0 Å². The second-order valence-electron chi connectivity index (χ2n) is 4.80. The van der Waals surface area contributed by atoms with Crippen LogP contribution in [-0.4, -0.2) is 21.6 Å². The van der Waals surface area contributed by atoms with Crippen molar-refractivity contribution in [2.75, 3.05) is 11.1 Å². The molecule has 1 amide bonds. The monoisotopic (exact) mass is 301 g/mol. The molecule has 4 nitrogen and oxygen atoms in total. The number of nitrogens with zero attached hydrogens (tertiary/aromatic N) is 2. The fraction of sp³-hybridized carbons (Fsp3) is 0.312. The second kappa shape index (κ2) is 7.78. The van der Waals surface area contributed by atoms with Gasteiger partial charge in [-0.05, 0) is 36.1 Å². The zero-order chi connectivity index (χ0) is 15.1. The number of anilines is 1. The van der Waals surface area contributed by atoms with Crippen molar-refractivity contribution in [1.82, 2.24) is 9.97 Å². The summed E-state index contributed by atoms with van der Waals surface area (Å²) in [5, 5.41) is 3.49. The largest absolute Gasteiger partial charge is 0.325 e. The minimum Gasteiger partial charge on any atom is -0.325 e. The van der Waals surface area contributed by atoms with Crippen molar-refractivity contribution in [3.8, 4) is 0 Å². The summed E-state index contributed by atoms with van der Waals surface area (Å²) >= 11 is 1.33. The lowest BCUT2D eigenvalue weighted by Gasteiger charge is -2.10. The number of rotatable bonds is 6. The minimum atomic E-state index is -0.0521. The smallest absolute Gasteiger partial charge is 0.234 e. The third-order valence-electron chi connectivity index (χ3n) is 3.25. The Bertz CT molecular complexity index is 572. The van der Waals surface area contributed by atoms with E-state index in [1.165, 1.54) is 17.3 Å². The van der Waals surface area contributed by atoms with Gasteiger partial charge in [-0.15, -0.1) is 0 Å². The maximum Gasteiger partial charge on any atom is 0.234 e. The van der Waals surface area contributed by atoms with E-state index in [-0.39, 0.29) is 5.91 Å². The fourth-order valence-electron chi connectivity index (χ4n) is 1.82. The molecule has 0 fully saturated rings. The number of amides is 1. The van der Waals surface area contributed by atoms with Crippen molar-refractivity contribution < 1.29 is 4.79 Å². The molecule has 0 saturated carbocycles. The number of benzene rings is 1. The van der Waals surface area contributed by atoms with Crippen molar-refractivity contribution in [3.05, 3.63) is 48.3 Å². The van der Waals surface area contributed by atoms with Gasteiger partial charge in [0.15, 0.2) is 5.16 Å². The highest BCUT2D eigenvalue weighted by molar-refractivity contribution is 7.99. The van der Waals surface area contributed by atoms with Crippen LogP contribution < -0.4 is 5.32 Å². The third-order valence-corrected chi connectivity index (χ3v) is 4.13. The van der Waals surface area contributed by atoms with Crippen molar-refractivity contribution in [1.29, 1.82) is 0 Å². The first-order valence-corrected chi connectivity index (χ1v) is 7.97. The standard InChI is InChI=1S/C16H19N3OS/c1-3-12(2)13-5-7-14(8-6-13)19-15(20)11-21-16-17-9-4-10-18-16/h4-10,12H,3,11H2,1-2H3,(H,19,20). The van der Waals surface area contributed by atoms with Gasteiger partial charge in [-0.25, -0.2) is 9.97 Å². The zero-order valence-electron chi connectivity index (χ0n) is 12.2. The topological polar surface area (TPSA) is 54.9 Å². The first-order chi connectivity index (χ1) is 10.2. The van der Waals surface area contributed by atoms with Crippen LogP contribution in [0.1, 0.15) is 31.7 Å². The van der Waals surface area contributed by atoms with E-state index in [0.29, 0.717) is 16.8 Å². The zero-order valence-corrected chi connectivity index (χ0v) is 13.1. The highest BCUT2D eigenvalue weighted by Gasteiger charge is 2.06. The van der Waals surface area contributed by atoms with E-state index in [2.05, 4.69) is 41.3 Å². The SMILES string of the molecule is CCC(C)c1ccc(NC(=O)CSc2ncccn2)cc1. The molecule has 0 spiro atoms. The van der Waals surface area contributed by atoms with E-state index >= 15 is 0 Å². The van der Waals surface area contributed by atoms with Crippen molar-refractivity contribution >= 4 is 23.4 Å². The van der Waals surface area contributed by atoms with Gasteiger partial charge in [0.1, 0.15) is 0 Å². The molecule has 1 atom stereocenters. The number of carbonyl (C=O) groups excluding carboxylic acids is 1. The third kappa shape index (κ3) is 4.86. The number of thioether (sulfide) groups is 1. The Morgan fingerprint density at radius 3 is 2.52 bits per heavy atom. The molecule has 0 aliphatic heterocycles. The lowest BCUT2D eigenvalue weighted by molar-refractivity contribution is -0.113. The summed E-state index contributed by atoms with van der Waals surface area (Å²) in [5.74, 6) is 0.793. The summed E-state index contributed by atoms with van der Waals surface area (Å²) < 4.78 is 0. The van der Waals surface area contributed by atoms with Gasteiger partial charge in [-0.3, -0.25) is 4.79 Å². The lowest BCUT2D eigenvalue weighted by Crippen LogP contribution is -2.14. The molecule has 0 aliphatic rings. The van der Waals surface area contributed by atoms with Crippen molar-refractivity contribution in [2.24, 2.45) is 0 Å². The lowest BCUT2D eigenvalue weighted by atomic mass is 9.99. The molecule has 2 aromatic rings.